The van der Waals surface area contributed by atoms with Crippen molar-refractivity contribution < 1.29 is 9.53 Å². The van der Waals surface area contributed by atoms with Crippen molar-refractivity contribution in [3.05, 3.63) is 42.1 Å². The average Bonchev–Trinajstić information content (AvgIpc) is 2.49. The maximum atomic E-state index is 11.5. The van der Waals surface area contributed by atoms with Crippen LogP contribution in [0, 0.1) is 0 Å². The molecule has 1 heterocycles. The van der Waals surface area contributed by atoms with Gasteiger partial charge in [0.15, 0.2) is 11.5 Å². The third-order valence-electron chi connectivity index (χ3n) is 2.68. The number of nitrogens with one attached hydrogen (secondary N) is 1. The lowest BCUT2D eigenvalue weighted by Gasteiger charge is -2.12. The summed E-state index contributed by atoms with van der Waals surface area (Å²) in [5.41, 5.74) is 7.46. The number of nitrogens with two attached hydrogens (primary N) is 1. The molecule has 0 fully saturated rings. The molecule has 6 heteroatoms. The molecule has 0 saturated carbocycles. The molecule has 0 atom stereocenters. The molecule has 0 aliphatic rings. The average molecular weight is 289 g/mol. The van der Waals surface area contributed by atoms with Crippen molar-refractivity contribution in [2.24, 2.45) is 0 Å². The molecule has 3 N–H and O–H groups in total. The molecule has 0 aliphatic heterocycles. The van der Waals surface area contributed by atoms with Crippen molar-refractivity contribution in [2.75, 3.05) is 24.4 Å². The summed E-state index contributed by atoms with van der Waals surface area (Å²) in [5, 5.41) is 3.15. The first-order valence-corrected chi connectivity index (χ1v) is 7.13. The normalized spacial score (nSPS) is 10.1. The monoisotopic (exact) mass is 289 g/mol. The van der Waals surface area contributed by atoms with Gasteiger partial charge in [-0.05, 0) is 30.5 Å². The molecule has 0 aliphatic carbocycles. The molecule has 1 aromatic carbocycles. The lowest BCUT2D eigenvalue weighted by atomic mass is 10.3. The van der Waals surface area contributed by atoms with Crippen LogP contribution in [0.5, 0.6) is 0 Å². The number of pyridine rings is 1. The summed E-state index contributed by atoms with van der Waals surface area (Å²) < 4.78 is 4.65. The van der Waals surface area contributed by atoms with Crippen molar-refractivity contribution in [1.29, 1.82) is 0 Å². The minimum atomic E-state index is -0.494. The van der Waals surface area contributed by atoms with E-state index >= 15 is 0 Å². The van der Waals surface area contributed by atoms with E-state index in [0.717, 1.165) is 10.6 Å². The quantitative estimate of drug-likeness (QED) is 0.665. The van der Waals surface area contributed by atoms with Crippen molar-refractivity contribution in [2.45, 2.75) is 4.90 Å². The predicted molar refractivity (Wildman–Crippen MR) is 81.5 cm³/mol. The van der Waals surface area contributed by atoms with E-state index in [1.165, 1.54) is 13.2 Å². The first-order valence-electron chi connectivity index (χ1n) is 5.90. The van der Waals surface area contributed by atoms with Crippen LogP contribution in [0.25, 0.3) is 0 Å². The summed E-state index contributed by atoms with van der Waals surface area (Å²) in [6.45, 7) is 0. The Morgan fingerprint density at radius 3 is 2.75 bits per heavy atom. The van der Waals surface area contributed by atoms with Crippen LogP contribution in [-0.4, -0.2) is 24.3 Å². The Bertz CT molecular complexity index is 632. The number of esters is 1. The standard InChI is InChI=1S/C14H15N3O2S/c1-19-14(18)11-8-7-9(15)13(17-11)16-10-5-3-4-6-12(10)20-2/h3-8H,15H2,1-2H3,(H,16,17). The molecule has 2 aromatic rings. The van der Waals surface area contributed by atoms with Crippen LogP contribution in [0.1, 0.15) is 10.5 Å². The van der Waals surface area contributed by atoms with Gasteiger partial charge in [-0.25, -0.2) is 9.78 Å². The largest absolute Gasteiger partial charge is 0.464 e. The summed E-state index contributed by atoms with van der Waals surface area (Å²) in [7, 11) is 1.32. The smallest absolute Gasteiger partial charge is 0.356 e. The Morgan fingerprint density at radius 2 is 2.05 bits per heavy atom. The van der Waals surface area contributed by atoms with Crippen LogP contribution in [0.15, 0.2) is 41.3 Å². The fraction of sp³-hybridized carbons (Fsp3) is 0.143. The van der Waals surface area contributed by atoms with Gasteiger partial charge in [0, 0.05) is 4.90 Å². The lowest BCUT2D eigenvalue weighted by Crippen LogP contribution is -2.08. The second kappa shape index (κ2) is 6.29. The van der Waals surface area contributed by atoms with Crippen LogP contribution in [0.4, 0.5) is 17.2 Å². The number of nitrogen functional groups attached to an aromatic ring is 1. The summed E-state index contributed by atoms with van der Waals surface area (Å²) in [6.07, 6.45) is 1.99. The van der Waals surface area contributed by atoms with Gasteiger partial charge >= 0.3 is 5.97 Å². The molecule has 104 valence electrons. The van der Waals surface area contributed by atoms with Crippen LogP contribution in [0.3, 0.4) is 0 Å². The highest BCUT2D eigenvalue weighted by atomic mass is 32.2. The molecule has 0 unspecified atom stereocenters. The van der Waals surface area contributed by atoms with E-state index in [-0.39, 0.29) is 5.69 Å². The second-order valence-corrected chi connectivity index (χ2v) is 4.80. The predicted octanol–water partition coefficient (Wildman–Crippen LogP) is 2.92. The zero-order valence-electron chi connectivity index (χ0n) is 11.2. The number of nitrogens with zero attached hydrogens (tertiary/aromatic N) is 1. The Kier molecular flexibility index (Phi) is 4.47. The number of benzene rings is 1. The molecule has 0 saturated heterocycles. The summed E-state index contributed by atoms with van der Waals surface area (Å²) >= 11 is 1.61. The zero-order valence-corrected chi connectivity index (χ0v) is 12.0. The molecular weight excluding hydrogens is 274 g/mol. The third kappa shape index (κ3) is 3.03. The highest BCUT2D eigenvalue weighted by Gasteiger charge is 2.11. The SMILES string of the molecule is COC(=O)c1ccc(N)c(Nc2ccccc2SC)n1. The Hall–Kier alpha value is -2.21. The van der Waals surface area contributed by atoms with Gasteiger partial charge in [0.1, 0.15) is 0 Å². The number of thioether (sulfide) groups is 1. The first kappa shape index (κ1) is 14.2. The van der Waals surface area contributed by atoms with Gasteiger partial charge in [0.05, 0.1) is 18.5 Å². The number of hydrogen-bond acceptors (Lipinski definition) is 6. The number of hydrogen-bond donors (Lipinski definition) is 2. The first-order chi connectivity index (χ1) is 9.65. The van der Waals surface area contributed by atoms with Gasteiger partial charge in [-0.1, -0.05) is 12.1 Å². The molecule has 5 nitrogen and oxygen atoms in total. The number of carbonyl (C=O) groups is 1. The van der Waals surface area contributed by atoms with Crippen molar-refractivity contribution in [3.63, 3.8) is 0 Å². The number of carbonyl (C=O) groups excluding carboxylic acids is 1. The fourth-order valence-electron chi connectivity index (χ4n) is 1.66. The third-order valence-corrected chi connectivity index (χ3v) is 3.48. The molecule has 20 heavy (non-hydrogen) atoms. The van der Waals surface area contributed by atoms with E-state index in [2.05, 4.69) is 15.0 Å². The topological polar surface area (TPSA) is 77.2 Å². The molecule has 0 bridgehead atoms. The summed E-state index contributed by atoms with van der Waals surface area (Å²) in [5.74, 6) is -0.0550. The number of aromatic nitrogens is 1. The molecule has 1 aromatic heterocycles. The number of methoxy groups -OCH3 is 1. The van der Waals surface area contributed by atoms with Gasteiger partial charge in [-0.3, -0.25) is 0 Å². The van der Waals surface area contributed by atoms with E-state index in [1.807, 2.05) is 30.5 Å². The van der Waals surface area contributed by atoms with Crippen LogP contribution in [-0.2, 0) is 4.74 Å². The number of rotatable bonds is 4. The van der Waals surface area contributed by atoms with Gasteiger partial charge in [0.2, 0.25) is 0 Å². The minimum Gasteiger partial charge on any atom is -0.464 e. The van der Waals surface area contributed by atoms with Gasteiger partial charge in [0.25, 0.3) is 0 Å². The van der Waals surface area contributed by atoms with E-state index in [9.17, 15) is 4.79 Å². The lowest BCUT2D eigenvalue weighted by molar-refractivity contribution is 0.0594. The molecular formula is C14H15N3O2S. The highest BCUT2D eigenvalue weighted by Crippen LogP contribution is 2.29. The van der Waals surface area contributed by atoms with Gasteiger partial charge in [-0.15, -0.1) is 11.8 Å². The molecule has 2 rings (SSSR count). The van der Waals surface area contributed by atoms with Gasteiger partial charge in [-0.2, -0.15) is 0 Å². The number of ether oxygens (including phenoxy) is 1. The van der Waals surface area contributed by atoms with Crippen molar-refractivity contribution >= 4 is 34.9 Å². The minimum absolute atomic E-state index is 0.214. The highest BCUT2D eigenvalue weighted by molar-refractivity contribution is 7.98. The molecule has 0 amide bonds. The van der Waals surface area contributed by atoms with Crippen molar-refractivity contribution in [3.8, 4) is 0 Å². The Morgan fingerprint density at radius 1 is 1.30 bits per heavy atom. The van der Waals surface area contributed by atoms with Crippen LogP contribution >= 0.6 is 11.8 Å². The second-order valence-electron chi connectivity index (χ2n) is 3.95. The summed E-state index contributed by atoms with van der Waals surface area (Å²) in [4.78, 5) is 16.8. The zero-order chi connectivity index (χ0) is 14.5. The van der Waals surface area contributed by atoms with E-state index in [1.54, 1.807) is 17.8 Å². The number of anilines is 3. The van der Waals surface area contributed by atoms with Crippen molar-refractivity contribution in [1.82, 2.24) is 4.98 Å². The Labute approximate surface area is 121 Å². The van der Waals surface area contributed by atoms with E-state index in [4.69, 9.17) is 5.73 Å². The van der Waals surface area contributed by atoms with Crippen LogP contribution < -0.4 is 11.1 Å². The maximum Gasteiger partial charge on any atom is 0.356 e. The Balaban J connectivity index is 2.35. The van der Waals surface area contributed by atoms with Gasteiger partial charge < -0.3 is 15.8 Å². The van der Waals surface area contributed by atoms with Crippen LogP contribution in [0.2, 0.25) is 0 Å². The molecule has 0 spiro atoms. The summed E-state index contributed by atoms with van der Waals surface area (Å²) in [6, 6.07) is 11.0. The molecule has 0 radical (unpaired) electrons. The fourth-order valence-corrected chi connectivity index (χ4v) is 2.22. The maximum absolute atomic E-state index is 11.5. The van der Waals surface area contributed by atoms with E-state index in [0.29, 0.717) is 11.5 Å². The van der Waals surface area contributed by atoms with E-state index < -0.39 is 5.97 Å². The number of para-hydroxylation sites is 1.